The highest BCUT2D eigenvalue weighted by molar-refractivity contribution is 7.89. The van der Waals surface area contributed by atoms with Crippen LogP contribution in [-0.2, 0) is 21.3 Å². The van der Waals surface area contributed by atoms with Crippen LogP contribution in [0.2, 0.25) is 0 Å². The van der Waals surface area contributed by atoms with E-state index in [4.69, 9.17) is 4.74 Å². The molecule has 0 aliphatic heterocycles. The quantitative estimate of drug-likeness (QED) is 0.468. The maximum atomic E-state index is 12.7. The number of aryl methyl sites for hydroxylation is 2. The lowest BCUT2D eigenvalue weighted by atomic mass is 10.1. The average molecular weight is 460 g/mol. The van der Waals surface area contributed by atoms with Crippen molar-refractivity contribution in [1.29, 1.82) is 0 Å². The number of ketones is 1. The first kappa shape index (κ1) is 24.6. The molecule has 0 saturated heterocycles. The van der Waals surface area contributed by atoms with Gasteiger partial charge in [-0.1, -0.05) is 6.07 Å². The van der Waals surface area contributed by atoms with Crippen LogP contribution in [0.15, 0.2) is 29.2 Å². The minimum absolute atomic E-state index is 0.0233. The normalized spacial score (nSPS) is 12.3. The molecule has 0 atom stereocenters. The van der Waals surface area contributed by atoms with Gasteiger partial charge in [0.1, 0.15) is 6.54 Å². The first-order chi connectivity index (χ1) is 14.1. The zero-order valence-corrected chi connectivity index (χ0v) is 18.5. The van der Waals surface area contributed by atoms with E-state index in [2.05, 4.69) is 0 Å². The molecule has 1 heterocycles. The van der Waals surface area contributed by atoms with Gasteiger partial charge in [-0.2, -0.15) is 13.2 Å². The summed E-state index contributed by atoms with van der Waals surface area (Å²) in [5.41, 5.74) is 0.806. The molecule has 0 bridgehead atoms. The van der Waals surface area contributed by atoms with Crippen molar-refractivity contribution in [3.8, 4) is 0 Å². The minimum Gasteiger partial charge on any atom is -0.454 e. The Morgan fingerprint density at radius 2 is 1.68 bits per heavy atom. The van der Waals surface area contributed by atoms with E-state index >= 15 is 0 Å². The lowest BCUT2D eigenvalue weighted by molar-refractivity contribution is -0.141. The summed E-state index contributed by atoms with van der Waals surface area (Å²) in [5, 5.41) is 0. The number of nitrogens with zero attached hydrogens (tertiary/aromatic N) is 2. The van der Waals surface area contributed by atoms with Crippen LogP contribution in [0, 0.1) is 20.8 Å². The number of rotatable bonds is 7. The number of aromatic nitrogens is 1. The monoisotopic (exact) mass is 460 g/mol. The summed E-state index contributed by atoms with van der Waals surface area (Å²) >= 11 is 0. The Morgan fingerprint density at radius 3 is 2.23 bits per heavy atom. The van der Waals surface area contributed by atoms with Gasteiger partial charge >= 0.3 is 12.1 Å². The molecule has 0 spiro atoms. The van der Waals surface area contributed by atoms with Gasteiger partial charge in [0, 0.05) is 31.0 Å². The number of carbonyl (C=O) groups excluding carboxylic acids is 2. The van der Waals surface area contributed by atoms with E-state index < -0.39 is 41.1 Å². The Morgan fingerprint density at radius 1 is 1.06 bits per heavy atom. The Bertz CT molecular complexity index is 1120. The van der Waals surface area contributed by atoms with Crippen molar-refractivity contribution in [3.63, 3.8) is 0 Å². The summed E-state index contributed by atoms with van der Waals surface area (Å²) in [4.78, 5) is 24.8. The van der Waals surface area contributed by atoms with E-state index in [1.54, 1.807) is 6.92 Å². The molecule has 170 valence electrons. The predicted octanol–water partition coefficient (Wildman–Crippen LogP) is 3.27. The van der Waals surface area contributed by atoms with Crippen LogP contribution < -0.4 is 0 Å². The fourth-order valence-corrected chi connectivity index (χ4v) is 3.91. The van der Waals surface area contributed by atoms with Crippen LogP contribution in [-0.4, -0.2) is 55.9 Å². The first-order valence-electron chi connectivity index (χ1n) is 9.12. The Hall–Kier alpha value is -2.66. The van der Waals surface area contributed by atoms with Gasteiger partial charge in [0.25, 0.3) is 0 Å². The summed E-state index contributed by atoms with van der Waals surface area (Å²) in [7, 11) is -1.09. The van der Waals surface area contributed by atoms with E-state index in [0.717, 1.165) is 14.9 Å². The van der Waals surface area contributed by atoms with Crippen LogP contribution in [0.1, 0.15) is 37.7 Å². The van der Waals surface area contributed by atoms with Crippen molar-refractivity contribution in [1.82, 2.24) is 8.87 Å². The van der Waals surface area contributed by atoms with E-state index in [1.807, 2.05) is 0 Å². The van der Waals surface area contributed by atoms with Crippen molar-refractivity contribution in [2.24, 2.45) is 0 Å². The van der Waals surface area contributed by atoms with Crippen LogP contribution >= 0.6 is 0 Å². The summed E-state index contributed by atoms with van der Waals surface area (Å²) in [6.07, 6.45) is -4.45. The number of carbonyl (C=O) groups is 2. The third kappa shape index (κ3) is 5.53. The first-order valence-corrected chi connectivity index (χ1v) is 10.6. The van der Waals surface area contributed by atoms with Crippen molar-refractivity contribution >= 4 is 21.8 Å². The molecule has 2 aromatic rings. The van der Waals surface area contributed by atoms with Crippen LogP contribution in [0.25, 0.3) is 0 Å². The number of sulfonamides is 1. The highest BCUT2D eigenvalue weighted by Crippen LogP contribution is 2.24. The van der Waals surface area contributed by atoms with Gasteiger partial charge in [0.05, 0.1) is 10.5 Å². The molecule has 31 heavy (non-hydrogen) atoms. The van der Waals surface area contributed by atoms with Crippen molar-refractivity contribution in [2.45, 2.75) is 38.4 Å². The second kappa shape index (κ2) is 8.83. The second-order valence-electron chi connectivity index (χ2n) is 7.25. The zero-order valence-electron chi connectivity index (χ0n) is 17.7. The lowest BCUT2D eigenvalue weighted by Crippen LogP contribution is -2.23. The molecule has 7 nitrogen and oxygen atoms in total. The minimum atomic E-state index is -4.45. The summed E-state index contributed by atoms with van der Waals surface area (Å²) in [6.45, 7) is 2.48. The van der Waals surface area contributed by atoms with Gasteiger partial charge in [-0.3, -0.25) is 4.79 Å². The third-order valence-corrected chi connectivity index (χ3v) is 6.56. The summed E-state index contributed by atoms with van der Waals surface area (Å²) in [6, 6.07) is 5.26. The van der Waals surface area contributed by atoms with Gasteiger partial charge < -0.3 is 9.30 Å². The molecular formula is C20H23F3N2O5S. The Kier molecular flexibility index (Phi) is 7.01. The Labute approximate surface area is 178 Å². The van der Waals surface area contributed by atoms with Gasteiger partial charge in [0.15, 0.2) is 6.61 Å². The maximum Gasteiger partial charge on any atom is 0.406 e. The topological polar surface area (TPSA) is 85.7 Å². The van der Waals surface area contributed by atoms with E-state index in [9.17, 15) is 31.2 Å². The number of Topliss-reactive ketones (excluding diaryl/α,β-unsaturated/α-hetero) is 1. The second-order valence-corrected chi connectivity index (χ2v) is 9.40. The number of esters is 1. The average Bonchev–Trinajstić information content (AvgIpc) is 2.92. The van der Waals surface area contributed by atoms with E-state index in [0.29, 0.717) is 5.56 Å². The van der Waals surface area contributed by atoms with Crippen LogP contribution in [0.3, 0.4) is 0 Å². The molecule has 1 aromatic heterocycles. The van der Waals surface area contributed by atoms with E-state index in [1.165, 1.54) is 46.1 Å². The van der Waals surface area contributed by atoms with Gasteiger partial charge in [-0.05, 0) is 44.5 Å². The number of ether oxygens (including phenoxy) is 1. The molecule has 0 fully saturated rings. The number of alkyl halides is 3. The SMILES string of the molecule is Cc1ccc(S(=O)(=O)N(C)C)cc1C(=O)OCC(=O)c1cc(C)n(CC(F)(F)F)c1C. The molecule has 2 rings (SSSR count). The molecule has 0 radical (unpaired) electrons. The van der Waals surface area contributed by atoms with Gasteiger partial charge in [-0.15, -0.1) is 0 Å². The molecular weight excluding hydrogens is 437 g/mol. The predicted molar refractivity (Wildman–Crippen MR) is 107 cm³/mol. The highest BCUT2D eigenvalue weighted by Gasteiger charge is 2.30. The van der Waals surface area contributed by atoms with Gasteiger partial charge in [0.2, 0.25) is 15.8 Å². The molecule has 11 heteroatoms. The molecule has 0 unspecified atom stereocenters. The molecule has 0 aliphatic carbocycles. The Balaban J connectivity index is 2.20. The fourth-order valence-electron chi connectivity index (χ4n) is 2.98. The van der Waals surface area contributed by atoms with Crippen molar-refractivity contribution in [3.05, 3.63) is 52.3 Å². The third-order valence-electron chi connectivity index (χ3n) is 4.75. The molecule has 1 aromatic carbocycles. The standard InChI is InChI=1S/C20H23F3N2O5S/c1-12-6-7-15(31(28,29)24(4)5)9-16(12)19(27)30-10-18(26)17-8-13(2)25(14(17)3)11-20(21,22)23/h6-9H,10-11H2,1-5H3. The zero-order chi connectivity index (χ0) is 23.7. The molecule has 0 saturated carbocycles. The largest absolute Gasteiger partial charge is 0.454 e. The number of hydrogen-bond acceptors (Lipinski definition) is 5. The van der Waals surface area contributed by atoms with Crippen molar-refractivity contribution in [2.75, 3.05) is 20.7 Å². The number of halogens is 3. The maximum absolute atomic E-state index is 12.7. The van der Waals surface area contributed by atoms with Crippen molar-refractivity contribution < 1.29 is 35.9 Å². The summed E-state index contributed by atoms with van der Waals surface area (Å²) in [5.74, 6) is -1.57. The lowest BCUT2D eigenvalue weighted by Gasteiger charge is -2.13. The molecule has 0 aliphatic rings. The molecule has 0 amide bonds. The summed E-state index contributed by atoms with van der Waals surface area (Å²) < 4.78 is 69.8. The van der Waals surface area contributed by atoms with Gasteiger partial charge in [-0.25, -0.2) is 17.5 Å². The van der Waals surface area contributed by atoms with E-state index in [-0.39, 0.29) is 27.4 Å². The molecule has 0 N–H and O–H groups in total. The van der Waals surface area contributed by atoms with Crippen LogP contribution in [0.5, 0.6) is 0 Å². The van der Waals surface area contributed by atoms with Crippen LogP contribution in [0.4, 0.5) is 13.2 Å². The number of hydrogen-bond donors (Lipinski definition) is 0. The highest BCUT2D eigenvalue weighted by atomic mass is 32.2. The smallest absolute Gasteiger partial charge is 0.406 e. The fraction of sp³-hybridized carbons (Fsp3) is 0.400. The number of benzene rings is 1.